The van der Waals surface area contributed by atoms with Gasteiger partial charge in [0.2, 0.25) is 10.0 Å². The molecule has 172 valence electrons. The Morgan fingerprint density at radius 3 is 2.41 bits per heavy atom. The van der Waals surface area contributed by atoms with E-state index in [0.717, 1.165) is 38.2 Å². The third-order valence-electron chi connectivity index (χ3n) is 6.68. The van der Waals surface area contributed by atoms with Crippen molar-refractivity contribution in [3.8, 4) is 11.8 Å². The molecule has 1 aromatic heterocycles. The quantitative estimate of drug-likeness (QED) is 0.608. The minimum atomic E-state index is -3.73. The summed E-state index contributed by atoms with van der Waals surface area (Å²) >= 11 is 6.27. The Morgan fingerprint density at radius 1 is 1.25 bits per heavy atom. The molecule has 2 fully saturated rings. The summed E-state index contributed by atoms with van der Waals surface area (Å²) in [7, 11) is -0.402. The molecule has 2 heterocycles. The predicted octanol–water partition coefficient (Wildman–Crippen LogP) is 2.66. The zero-order valence-electron chi connectivity index (χ0n) is 18.5. The number of rotatable bonds is 7. The SMILES string of the molecule is Cc1nn(C)c(Cl)c1S(=O)(=O)N(C)C1C2CCC1CN(CCOc1ccc(C#N)cc1)C2. The van der Waals surface area contributed by atoms with Crippen LogP contribution in [-0.2, 0) is 17.1 Å². The lowest BCUT2D eigenvalue weighted by atomic mass is 9.92. The fourth-order valence-electron chi connectivity index (χ4n) is 5.19. The van der Waals surface area contributed by atoms with E-state index in [4.69, 9.17) is 21.6 Å². The molecule has 0 spiro atoms. The fraction of sp³-hybridized carbons (Fsp3) is 0.545. The number of aryl methyl sites for hydroxylation is 2. The third-order valence-corrected chi connectivity index (χ3v) is 9.23. The van der Waals surface area contributed by atoms with Crippen LogP contribution in [0.1, 0.15) is 24.1 Å². The van der Waals surface area contributed by atoms with Crippen molar-refractivity contribution in [2.45, 2.75) is 30.7 Å². The molecule has 0 radical (unpaired) electrons. The van der Waals surface area contributed by atoms with Gasteiger partial charge < -0.3 is 4.74 Å². The minimum Gasteiger partial charge on any atom is -0.492 e. The summed E-state index contributed by atoms with van der Waals surface area (Å²) in [4.78, 5) is 2.48. The first-order chi connectivity index (χ1) is 15.2. The van der Waals surface area contributed by atoms with Gasteiger partial charge in [-0.2, -0.15) is 14.7 Å². The number of hydrogen-bond donors (Lipinski definition) is 0. The predicted molar refractivity (Wildman–Crippen MR) is 121 cm³/mol. The summed E-state index contributed by atoms with van der Waals surface area (Å²) in [6.07, 6.45) is 2.03. The molecule has 32 heavy (non-hydrogen) atoms. The van der Waals surface area contributed by atoms with Crippen molar-refractivity contribution in [2.24, 2.45) is 18.9 Å². The number of nitrogens with zero attached hydrogens (tertiary/aromatic N) is 5. The molecule has 2 atom stereocenters. The van der Waals surface area contributed by atoms with E-state index >= 15 is 0 Å². The van der Waals surface area contributed by atoms with Gasteiger partial charge in [-0.15, -0.1) is 0 Å². The van der Waals surface area contributed by atoms with E-state index in [9.17, 15) is 8.42 Å². The maximum absolute atomic E-state index is 13.4. The molecular weight excluding hydrogens is 450 g/mol. The molecule has 2 aromatic rings. The highest BCUT2D eigenvalue weighted by atomic mass is 35.5. The Bertz CT molecular complexity index is 1110. The number of fused-ring (bicyclic) bond motifs is 2. The van der Waals surface area contributed by atoms with Gasteiger partial charge in [-0.1, -0.05) is 11.6 Å². The van der Waals surface area contributed by atoms with Gasteiger partial charge in [0, 0.05) is 39.8 Å². The number of halogens is 1. The average molecular weight is 478 g/mol. The normalized spacial score (nSPS) is 23.4. The molecular formula is C22H28ClN5O3S. The van der Waals surface area contributed by atoms with Gasteiger partial charge in [0.1, 0.15) is 22.4 Å². The first-order valence-electron chi connectivity index (χ1n) is 10.7. The standard InChI is InChI=1S/C22H28ClN5O3S/c1-15-21(22(23)26(2)25-15)32(29,30)27(3)20-17-6-7-18(20)14-28(13-17)10-11-31-19-8-4-16(12-24)5-9-19/h4-5,8-9,17-18,20H,6-7,10-11,13-14H2,1-3H3. The van der Waals surface area contributed by atoms with Crippen LogP contribution >= 0.6 is 11.6 Å². The lowest BCUT2D eigenvalue weighted by Crippen LogP contribution is -2.53. The van der Waals surface area contributed by atoms with Crippen molar-refractivity contribution in [2.75, 3.05) is 33.3 Å². The van der Waals surface area contributed by atoms with Crippen LogP contribution < -0.4 is 4.74 Å². The van der Waals surface area contributed by atoms with Crippen molar-refractivity contribution in [3.63, 3.8) is 0 Å². The van der Waals surface area contributed by atoms with Crippen LogP contribution in [0.4, 0.5) is 0 Å². The monoisotopic (exact) mass is 477 g/mol. The van der Waals surface area contributed by atoms with Crippen LogP contribution in [0, 0.1) is 30.1 Å². The summed E-state index contributed by atoms with van der Waals surface area (Å²) in [5.41, 5.74) is 1.03. The maximum Gasteiger partial charge on any atom is 0.248 e. The molecule has 10 heteroatoms. The van der Waals surface area contributed by atoms with Crippen LogP contribution in [0.15, 0.2) is 29.2 Å². The second-order valence-corrected chi connectivity index (χ2v) is 11.0. The Kier molecular flexibility index (Phi) is 6.50. The summed E-state index contributed by atoms with van der Waals surface area (Å²) in [6.45, 7) is 4.70. The summed E-state index contributed by atoms with van der Waals surface area (Å²) in [5.74, 6) is 1.30. The Balaban J connectivity index is 1.39. The molecule has 8 nitrogen and oxygen atoms in total. The van der Waals surface area contributed by atoms with Crippen molar-refractivity contribution in [1.82, 2.24) is 19.0 Å². The molecule has 0 amide bonds. The molecule has 1 aromatic carbocycles. The highest BCUT2D eigenvalue weighted by Crippen LogP contribution is 2.42. The van der Waals surface area contributed by atoms with E-state index in [1.807, 2.05) is 0 Å². The number of benzene rings is 1. The number of hydrogen-bond acceptors (Lipinski definition) is 6. The van der Waals surface area contributed by atoms with Gasteiger partial charge in [0.05, 0.1) is 17.3 Å². The number of sulfonamides is 1. The van der Waals surface area contributed by atoms with E-state index in [-0.39, 0.29) is 27.9 Å². The number of piperidine rings is 1. The minimum absolute atomic E-state index is 0.0358. The number of likely N-dealkylation sites (tertiary alicyclic amines) is 1. The molecule has 1 saturated carbocycles. The number of aromatic nitrogens is 2. The van der Waals surface area contributed by atoms with E-state index < -0.39 is 10.0 Å². The largest absolute Gasteiger partial charge is 0.492 e. The second kappa shape index (κ2) is 9.02. The molecule has 2 bridgehead atoms. The average Bonchev–Trinajstić information content (AvgIpc) is 3.18. The molecule has 2 aliphatic rings. The van der Waals surface area contributed by atoms with Crippen LogP contribution in [0.3, 0.4) is 0 Å². The summed E-state index contributed by atoms with van der Waals surface area (Å²) in [5, 5.41) is 13.2. The first kappa shape index (κ1) is 23.1. The Hall–Kier alpha value is -2.12. The second-order valence-electron chi connectivity index (χ2n) is 8.68. The lowest BCUT2D eigenvalue weighted by molar-refractivity contribution is 0.0874. The molecule has 1 aliphatic carbocycles. The highest BCUT2D eigenvalue weighted by molar-refractivity contribution is 7.89. The van der Waals surface area contributed by atoms with Gasteiger partial charge in [-0.25, -0.2) is 8.42 Å². The van der Waals surface area contributed by atoms with Crippen LogP contribution in [-0.4, -0.2) is 66.7 Å². The van der Waals surface area contributed by atoms with E-state index in [0.29, 0.717) is 17.9 Å². The molecule has 0 N–H and O–H groups in total. The fourth-order valence-corrected chi connectivity index (χ4v) is 7.37. The van der Waals surface area contributed by atoms with Gasteiger partial charge in [-0.05, 0) is 55.9 Å². The summed E-state index contributed by atoms with van der Waals surface area (Å²) in [6, 6.07) is 9.16. The van der Waals surface area contributed by atoms with Gasteiger partial charge in [-0.3, -0.25) is 9.58 Å². The lowest BCUT2D eigenvalue weighted by Gasteiger charge is -2.41. The van der Waals surface area contributed by atoms with Crippen LogP contribution in [0.5, 0.6) is 5.75 Å². The van der Waals surface area contributed by atoms with Crippen LogP contribution in [0.2, 0.25) is 5.15 Å². The van der Waals surface area contributed by atoms with Gasteiger partial charge in [0.15, 0.2) is 0 Å². The molecule has 1 saturated heterocycles. The summed E-state index contributed by atoms with van der Waals surface area (Å²) < 4.78 is 35.6. The van der Waals surface area contributed by atoms with Crippen molar-refractivity contribution in [1.29, 1.82) is 5.26 Å². The van der Waals surface area contributed by atoms with Crippen molar-refractivity contribution in [3.05, 3.63) is 40.7 Å². The first-order valence-corrected chi connectivity index (χ1v) is 12.6. The zero-order valence-corrected chi connectivity index (χ0v) is 20.1. The zero-order chi connectivity index (χ0) is 23.0. The molecule has 2 unspecified atom stereocenters. The Morgan fingerprint density at radius 2 is 1.88 bits per heavy atom. The number of nitriles is 1. The van der Waals surface area contributed by atoms with Crippen LogP contribution in [0.25, 0.3) is 0 Å². The van der Waals surface area contributed by atoms with Crippen molar-refractivity contribution >= 4 is 21.6 Å². The number of ether oxygens (including phenoxy) is 1. The van der Waals surface area contributed by atoms with E-state index in [2.05, 4.69) is 16.1 Å². The molecule has 4 rings (SSSR count). The van der Waals surface area contributed by atoms with E-state index in [1.165, 1.54) is 8.99 Å². The van der Waals surface area contributed by atoms with Crippen molar-refractivity contribution < 1.29 is 13.2 Å². The molecule has 1 aliphatic heterocycles. The third kappa shape index (κ3) is 4.25. The van der Waals surface area contributed by atoms with Gasteiger partial charge >= 0.3 is 0 Å². The Labute approximate surface area is 194 Å². The van der Waals surface area contributed by atoms with Gasteiger partial charge in [0.25, 0.3) is 0 Å². The maximum atomic E-state index is 13.4. The topological polar surface area (TPSA) is 91.5 Å². The highest BCUT2D eigenvalue weighted by Gasteiger charge is 2.47. The van der Waals surface area contributed by atoms with E-state index in [1.54, 1.807) is 45.3 Å². The smallest absolute Gasteiger partial charge is 0.248 e.